The van der Waals surface area contributed by atoms with E-state index in [0.717, 1.165) is 4.90 Å². The van der Waals surface area contributed by atoms with E-state index in [1.165, 1.54) is 39.1 Å². The summed E-state index contributed by atoms with van der Waals surface area (Å²) in [6, 6.07) is 2.87. The molecular weight excluding hydrogens is 333 g/mol. The lowest BCUT2D eigenvalue weighted by molar-refractivity contribution is -0.150. The lowest BCUT2D eigenvalue weighted by Gasteiger charge is -2.25. The van der Waals surface area contributed by atoms with Crippen LogP contribution in [0.25, 0.3) is 0 Å². The zero-order valence-corrected chi connectivity index (χ0v) is 12.8. The Morgan fingerprint density at radius 1 is 1.40 bits per heavy atom. The van der Waals surface area contributed by atoms with Gasteiger partial charge in [0.15, 0.2) is 6.10 Å². The number of nitrogens with zero attached hydrogens (tertiary/aromatic N) is 1. The quantitative estimate of drug-likeness (QED) is 0.887. The Morgan fingerprint density at radius 2 is 2.00 bits per heavy atom. The molecule has 1 rings (SSSR count). The van der Waals surface area contributed by atoms with Crippen LogP contribution < -0.4 is 4.74 Å². The highest BCUT2D eigenvalue weighted by molar-refractivity contribution is 9.10. The maximum Gasteiger partial charge on any atom is 0.326 e. The summed E-state index contributed by atoms with van der Waals surface area (Å²) >= 11 is 3.13. The molecule has 0 saturated carbocycles. The fraction of sp³-hybridized carbons (Fsp3) is 0.385. The van der Waals surface area contributed by atoms with E-state index in [1.54, 1.807) is 0 Å². The number of carbonyl (C=O) groups is 2. The number of hydrogen-bond donors (Lipinski definition) is 1. The molecule has 0 fully saturated rings. The Kier molecular flexibility index (Phi) is 5.50. The predicted molar refractivity (Wildman–Crippen MR) is 74.1 cm³/mol. The van der Waals surface area contributed by atoms with Crippen molar-refractivity contribution in [3.63, 3.8) is 0 Å². The molecule has 0 spiro atoms. The normalized spacial score (nSPS) is 13.4. The number of likely N-dealkylation sites (N-methyl/N-ethyl adjacent to an activating group) is 1. The second-order valence-electron chi connectivity index (χ2n) is 4.30. The molecule has 1 N–H and O–H groups in total. The topological polar surface area (TPSA) is 66.8 Å². The van der Waals surface area contributed by atoms with Gasteiger partial charge in [0, 0.05) is 7.05 Å². The maximum absolute atomic E-state index is 12.9. The molecule has 0 aliphatic heterocycles. The zero-order valence-electron chi connectivity index (χ0n) is 11.3. The van der Waals surface area contributed by atoms with Crippen molar-refractivity contribution < 1.29 is 23.8 Å². The van der Waals surface area contributed by atoms with Gasteiger partial charge in [-0.15, -0.1) is 0 Å². The minimum atomic E-state index is -1.10. The standard InChI is InChI=1S/C13H15BrFNO4/c1-7(13(18)19)16(3)12(17)8(2)20-11-5-4-9(15)6-10(11)14/h4-8H,1-3H3,(H,18,19). The Balaban J connectivity index is 2.77. The van der Waals surface area contributed by atoms with E-state index < -0.39 is 29.8 Å². The van der Waals surface area contributed by atoms with E-state index in [9.17, 15) is 14.0 Å². The van der Waals surface area contributed by atoms with Crippen molar-refractivity contribution in [1.82, 2.24) is 4.90 Å². The summed E-state index contributed by atoms with van der Waals surface area (Å²) in [6.45, 7) is 2.91. The molecule has 0 aliphatic carbocycles. The fourth-order valence-electron chi connectivity index (χ4n) is 1.45. The van der Waals surface area contributed by atoms with Crippen molar-refractivity contribution in [1.29, 1.82) is 0 Å². The van der Waals surface area contributed by atoms with Crippen LogP contribution in [0.1, 0.15) is 13.8 Å². The number of ether oxygens (including phenoxy) is 1. The summed E-state index contributed by atoms with van der Waals surface area (Å²) in [5.41, 5.74) is 0. The number of aliphatic carboxylic acids is 1. The summed E-state index contributed by atoms with van der Waals surface area (Å²) in [7, 11) is 1.39. The summed E-state index contributed by atoms with van der Waals surface area (Å²) in [6.07, 6.45) is -0.886. The Morgan fingerprint density at radius 3 is 2.50 bits per heavy atom. The van der Waals surface area contributed by atoms with E-state index >= 15 is 0 Å². The van der Waals surface area contributed by atoms with Gasteiger partial charge >= 0.3 is 5.97 Å². The van der Waals surface area contributed by atoms with E-state index in [4.69, 9.17) is 9.84 Å². The van der Waals surface area contributed by atoms with Gasteiger partial charge in [0.1, 0.15) is 17.6 Å². The first-order valence-corrected chi connectivity index (χ1v) is 6.64. The highest BCUT2D eigenvalue weighted by atomic mass is 79.9. The van der Waals surface area contributed by atoms with Gasteiger partial charge in [-0.25, -0.2) is 9.18 Å². The minimum absolute atomic E-state index is 0.309. The fourth-order valence-corrected chi connectivity index (χ4v) is 1.90. The summed E-state index contributed by atoms with van der Waals surface area (Å²) < 4.78 is 18.7. The van der Waals surface area contributed by atoms with Gasteiger partial charge in [-0.2, -0.15) is 0 Å². The number of amides is 1. The number of benzene rings is 1. The number of carbonyl (C=O) groups excluding carboxylic acids is 1. The molecule has 2 unspecified atom stereocenters. The highest BCUT2D eigenvalue weighted by Gasteiger charge is 2.27. The van der Waals surface area contributed by atoms with E-state index in [1.807, 2.05) is 0 Å². The van der Waals surface area contributed by atoms with Crippen LogP contribution in [0.2, 0.25) is 0 Å². The lowest BCUT2D eigenvalue weighted by atomic mass is 10.2. The Hall–Kier alpha value is -1.63. The van der Waals surface area contributed by atoms with Gasteiger partial charge in [-0.1, -0.05) is 0 Å². The van der Waals surface area contributed by atoms with Crippen molar-refractivity contribution >= 4 is 27.8 Å². The number of carboxylic acids is 1. The van der Waals surface area contributed by atoms with Crippen molar-refractivity contribution in [2.75, 3.05) is 7.05 Å². The van der Waals surface area contributed by atoms with Crippen molar-refractivity contribution in [3.05, 3.63) is 28.5 Å². The van der Waals surface area contributed by atoms with Crippen LogP contribution in [-0.4, -0.2) is 41.1 Å². The van der Waals surface area contributed by atoms with Crippen molar-refractivity contribution in [2.24, 2.45) is 0 Å². The number of hydrogen-bond acceptors (Lipinski definition) is 3. The van der Waals surface area contributed by atoms with Gasteiger partial charge < -0.3 is 14.7 Å². The second-order valence-corrected chi connectivity index (χ2v) is 5.15. The first-order valence-electron chi connectivity index (χ1n) is 5.85. The third-order valence-electron chi connectivity index (χ3n) is 2.83. The molecule has 0 saturated heterocycles. The van der Waals surface area contributed by atoms with E-state index in [0.29, 0.717) is 10.2 Å². The molecule has 0 bridgehead atoms. The van der Waals surface area contributed by atoms with Crippen molar-refractivity contribution in [3.8, 4) is 5.75 Å². The van der Waals surface area contributed by atoms with Crippen LogP contribution in [0, 0.1) is 5.82 Å². The molecule has 1 amide bonds. The zero-order chi connectivity index (χ0) is 15.4. The van der Waals surface area contributed by atoms with Crippen LogP contribution in [0.3, 0.4) is 0 Å². The predicted octanol–water partition coefficient (Wildman–Crippen LogP) is 2.29. The van der Waals surface area contributed by atoms with Gasteiger partial charge in [0.2, 0.25) is 0 Å². The van der Waals surface area contributed by atoms with Gasteiger partial charge in [0.25, 0.3) is 5.91 Å². The average Bonchev–Trinajstić information content (AvgIpc) is 2.39. The molecule has 0 heterocycles. The van der Waals surface area contributed by atoms with Crippen LogP contribution in [-0.2, 0) is 9.59 Å². The lowest BCUT2D eigenvalue weighted by Crippen LogP contribution is -2.46. The monoisotopic (exact) mass is 347 g/mol. The Labute approximate surface area is 124 Å². The second kappa shape index (κ2) is 6.69. The van der Waals surface area contributed by atoms with Crippen LogP contribution in [0.5, 0.6) is 5.75 Å². The van der Waals surface area contributed by atoms with Gasteiger partial charge in [-0.05, 0) is 48.0 Å². The molecule has 20 heavy (non-hydrogen) atoms. The third-order valence-corrected chi connectivity index (χ3v) is 3.45. The first-order chi connectivity index (χ1) is 9.23. The molecule has 1 aromatic carbocycles. The molecule has 0 radical (unpaired) electrons. The molecule has 7 heteroatoms. The molecule has 0 aliphatic rings. The molecule has 1 aromatic rings. The van der Waals surface area contributed by atoms with Crippen LogP contribution >= 0.6 is 15.9 Å². The summed E-state index contributed by atoms with van der Waals surface area (Å²) in [4.78, 5) is 23.9. The average molecular weight is 348 g/mol. The molecule has 2 atom stereocenters. The number of halogens is 2. The summed E-state index contributed by atoms with van der Waals surface area (Å²) in [5, 5.41) is 8.86. The smallest absolute Gasteiger partial charge is 0.326 e. The SMILES string of the molecule is CC(Oc1ccc(F)cc1Br)C(=O)N(C)C(C)C(=O)O. The van der Waals surface area contributed by atoms with Crippen LogP contribution in [0.15, 0.2) is 22.7 Å². The number of rotatable bonds is 5. The highest BCUT2D eigenvalue weighted by Crippen LogP contribution is 2.26. The number of carboxylic acid groups (broad SMARTS) is 1. The first kappa shape index (κ1) is 16.4. The molecular formula is C13H15BrFNO4. The van der Waals surface area contributed by atoms with E-state index in [2.05, 4.69) is 15.9 Å². The summed E-state index contributed by atoms with van der Waals surface area (Å²) in [5.74, 6) is -1.70. The minimum Gasteiger partial charge on any atom is -0.480 e. The largest absolute Gasteiger partial charge is 0.480 e. The van der Waals surface area contributed by atoms with Gasteiger partial charge in [-0.3, -0.25) is 4.79 Å². The maximum atomic E-state index is 12.9. The third kappa shape index (κ3) is 3.93. The van der Waals surface area contributed by atoms with Gasteiger partial charge in [0.05, 0.1) is 4.47 Å². The van der Waals surface area contributed by atoms with E-state index in [-0.39, 0.29) is 0 Å². The molecule has 110 valence electrons. The van der Waals surface area contributed by atoms with Crippen molar-refractivity contribution in [2.45, 2.75) is 26.0 Å². The van der Waals surface area contributed by atoms with Crippen LogP contribution in [0.4, 0.5) is 4.39 Å². The molecule has 5 nitrogen and oxygen atoms in total. The molecule has 0 aromatic heterocycles. The Bertz CT molecular complexity index is 523.